The molecule has 9 heavy (non-hydrogen) atoms. The van der Waals surface area contributed by atoms with Crippen molar-refractivity contribution in [3.05, 3.63) is 0 Å². The third-order valence-corrected chi connectivity index (χ3v) is 0.728. The SMILES string of the molecule is CCOC(N)C(O)(O)O. The van der Waals surface area contributed by atoms with Gasteiger partial charge >= 0.3 is 5.97 Å². The molecule has 0 fully saturated rings. The number of hydrogen-bond donors (Lipinski definition) is 4. The van der Waals surface area contributed by atoms with Crippen LogP contribution in [-0.2, 0) is 4.74 Å². The molecule has 0 aliphatic carbocycles. The average Bonchev–Trinajstić information content (AvgIpc) is 1.64. The Morgan fingerprint density at radius 2 is 2.00 bits per heavy atom. The first kappa shape index (κ1) is 8.80. The number of nitrogens with two attached hydrogens (primary N) is 1. The van der Waals surface area contributed by atoms with Crippen LogP contribution in [0.2, 0.25) is 0 Å². The Morgan fingerprint density at radius 3 is 2.11 bits per heavy atom. The second-order valence-electron chi connectivity index (χ2n) is 1.56. The first-order valence-corrected chi connectivity index (χ1v) is 2.52. The molecule has 0 heterocycles. The maximum absolute atomic E-state index is 8.28. The molecule has 0 rings (SSSR count). The lowest BCUT2D eigenvalue weighted by Crippen LogP contribution is -2.49. The summed E-state index contributed by atoms with van der Waals surface area (Å²) in [6.45, 7) is 1.83. The molecule has 0 aromatic rings. The van der Waals surface area contributed by atoms with Gasteiger partial charge in [-0.05, 0) is 6.92 Å². The fourth-order valence-corrected chi connectivity index (χ4v) is 0.291. The first-order valence-electron chi connectivity index (χ1n) is 2.52. The molecule has 0 saturated carbocycles. The van der Waals surface area contributed by atoms with Crippen LogP contribution in [0.3, 0.4) is 0 Å². The van der Waals surface area contributed by atoms with Crippen molar-refractivity contribution in [2.45, 2.75) is 19.1 Å². The Bertz CT molecular complexity index is 79.1. The van der Waals surface area contributed by atoms with Crippen LogP contribution in [0, 0.1) is 0 Å². The molecule has 1 atom stereocenters. The van der Waals surface area contributed by atoms with Gasteiger partial charge in [-0.1, -0.05) is 0 Å². The second-order valence-corrected chi connectivity index (χ2v) is 1.56. The average molecular weight is 137 g/mol. The van der Waals surface area contributed by atoms with Gasteiger partial charge in [0.1, 0.15) is 0 Å². The van der Waals surface area contributed by atoms with Crippen molar-refractivity contribution in [2.24, 2.45) is 5.73 Å². The molecule has 5 nitrogen and oxygen atoms in total. The minimum Gasteiger partial charge on any atom is -0.355 e. The molecular formula is C4H11NO4. The molecule has 0 amide bonds. The van der Waals surface area contributed by atoms with Crippen molar-refractivity contribution in [3.63, 3.8) is 0 Å². The quantitative estimate of drug-likeness (QED) is 0.335. The minimum absolute atomic E-state index is 0.213. The van der Waals surface area contributed by atoms with E-state index in [-0.39, 0.29) is 6.61 Å². The summed E-state index contributed by atoms with van der Waals surface area (Å²) in [5.74, 6) is -2.93. The molecule has 0 spiro atoms. The summed E-state index contributed by atoms with van der Waals surface area (Å²) in [5, 5.41) is 24.8. The van der Waals surface area contributed by atoms with Crippen LogP contribution < -0.4 is 5.73 Å². The first-order chi connectivity index (χ1) is 3.98. The van der Waals surface area contributed by atoms with Gasteiger partial charge < -0.3 is 20.1 Å². The van der Waals surface area contributed by atoms with Crippen molar-refractivity contribution in [1.82, 2.24) is 0 Å². The fourth-order valence-electron chi connectivity index (χ4n) is 0.291. The van der Waals surface area contributed by atoms with E-state index in [0.29, 0.717) is 0 Å². The highest BCUT2D eigenvalue weighted by molar-refractivity contribution is 4.54. The van der Waals surface area contributed by atoms with Crippen molar-refractivity contribution in [3.8, 4) is 0 Å². The zero-order valence-corrected chi connectivity index (χ0v) is 5.11. The fraction of sp³-hybridized carbons (Fsp3) is 1.00. The molecule has 0 aliphatic heterocycles. The van der Waals surface area contributed by atoms with Gasteiger partial charge in [0.25, 0.3) is 0 Å². The number of hydrogen-bond acceptors (Lipinski definition) is 5. The van der Waals surface area contributed by atoms with Crippen LogP contribution >= 0.6 is 0 Å². The number of aliphatic hydroxyl groups is 3. The molecule has 5 heteroatoms. The third-order valence-electron chi connectivity index (χ3n) is 0.728. The third kappa shape index (κ3) is 3.39. The van der Waals surface area contributed by atoms with E-state index in [1.54, 1.807) is 6.92 Å². The van der Waals surface area contributed by atoms with Crippen LogP contribution in [0.25, 0.3) is 0 Å². The van der Waals surface area contributed by atoms with E-state index in [2.05, 4.69) is 4.74 Å². The lowest BCUT2D eigenvalue weighted by atomic mass is 10.5. The van der Waals surface area contributed by atoms with E-state index in [9.17, 15) is 0 Å². The summed E-state index contributed by atoms with van der Waals surface area (Å²) in [7, 11) is 0. The highest BCUT2D eigenvalue weighted by Gasteiger charge is 2.28. The molecule has 56 valence electrons. The Balaban J connectivity index is 3.59. The molecule has 0 aromatic carbocycles. The topological polar surface area (TPSA) is 95.9 Å². The molecule has 0 aromatic heterocycles. The number of rotatable bonds is 3. The Kier molecular flexibility index (Phi) is 3.02. The predicted octanol–water partition coefficient (Wildman–Crippen LogP) is -2.06. The zero-order valence-electron chi connectivity index (χ0n) is 5.11. The maximum Gasteiger partial charge on any atom is 0.317 e. The molecule has 0 radical (unpaired) electrons. The summed E-state index contributed by atoms with van der Waals surface area (Å²) < 4.78 is 4.43. The highest BCUT2D eigenvalue weighted by atomic mass is 16.7. The smallest absolute Gasteiger partial charge is 0.317 e. The van der Waals surface area contributed by atoms with Crippen LogP contribution in [-0.4, -0.2) is 34.1 Å². The maximum atomic E-state index is 8.28. The largest absolute Gasteiger partial charge is 0.355 e. The standard InChI is InChI=1S/C4H11NO4/c1-2-9-3(5)4(6,7)8/h3,6-8H,2,5H2,1H3. The molecule has 0 bridgehead atoms. The van der Waals surface area contributed by atoms with E-state index >= 15 is 0 Å². The Morgan fingerprint density at radius 1 is 1.56 bits per heavy atom. The van der Waals surface area contributed by atoms with E-state index in [1.807, 2.05) is 0 Å². The Labute approximate surface area is 52.7 Å². The van der Waals surface area contributed by atoms with Gasteiger partial charge in [0, 0.05) is 6.61 Å². The van der Waals surface area contributed by atoms with Crippen LogP contribution in [0.15, 0.2) is 0 Å². The van der Waals surface area contributed by atoms with Gasteiger partial charge in [-0.2, -0.15) is 0 Å². The van der Waals surface area contributed by atoms with E-state index in [4.69, 9.17) is 21.1 Å². The van der Waals surface area contributed by atoms with Crippen LogP contribution in [0.4, 0.5) is 0 Å². The van der Waals surface area contributed by atoms with E-state index in [1.165, 1.54) is 0 Å². The monoisotopic (exact) mass is 137 g/mol. The second kappa shape index (κ2) is 3.09. The summed E-state index contributed by atoms with van der Waals surface area (Å²) in [6, 6.07) is 0. The van der Waals surface area contributed by atoms with Gasteiger partial charge in [-0.15, -0.1) is 0 Å². The Hall–Kier alpha value is -0.200. The van der Waals surface area contributed by atoms with E-state index in [0.717, 1.165) is 0 Å². The zero-order chi connectivity index (χ0) is 7.49. The van der Waals surface area contributed by atoms with Gasteiger partial charge in [0.05, 0.1) is 0 Å². The summed E-state index contributed by atoms with van der Waals surface area (Å²) in [6.07, 6.45) is -1.47. The summed E-state index contributed by atoms with van der Waals surface area (Å²) in [4.78, 5) is 0. The predicted molar refractivity (Wildman–Crippen MR) is 29.0 cm³/mol. The molecule has 0 aliphatic rings. The van der Waals surface area contributed by atoms with Crippen molar-refractivity contribution >= 4 is 0 Å². The van der Waals surface area contributed by atoms with Crippen molar-refractivity contribution in [2.75, 3.05) is 6.61 Å². The number of ether oxygens (including phenoxy) is 1. The van der Waals surface area contributed by atoms with Gasteiger partial charge in [-0.3, -0.25) is 5.73 Å². The summed E-state index contributed by atoms with van der Waals surface area (Å²) >= 11 is 0. The van der Waals surface area contributed by atoms with Gasteiger partial charge in [0.2, 0.25) is 0 Å². The van der Waals surface area contributed by atoms with Crippen molar-refractivity contribution in [1.29, 1.82) is 0 Å². The molecular weight excluding hydrogens is 126 g/mol. The lowest BCUT2D eigenvalue weighted by Gasteiger charge is -2.20. The van der Waals surface area contributed by atoms with E-state index < -0.39 is 12.2 Å². The molecule has 0 saturated heterocycles. The highest BCUT2D eigenvalue weighted by Crippen LogP contribution is 1.98. The van der Waals surface area contributed by atoms with Gasteiger partial charge in [0.15, 0.2) is 6.23 Å². The van der Waals surface area contributed by atoms with Crippen LogP contribution in [0.5, 0.6) is 0 Å². The van der Waals surface area contributed by atoms with Crippen molar-refractivity contribution < 1.29 is 20.1 Å². The summed E-state index contributed by atoms with van der Waals surface area (Å²) in [5.41, 5.74) is 4.89. The lowest BCUT2D eigenvalue weighted by molar-refractivity contribution is -0.359. The molecule has 1 unspecified atom stereocenters. The van der Waals surface area contributed by atoms with Crippen LogP contribution in [0.1, 0.15) is 6.92 Å². The molecule has 5 N–H and O–H groups in total. The normalized spacial score (nSPS) is 15.7. The minimum atomic E-state index is -2.93. The van der Waals surface area contributed by atoms with Gasteiger partial charge in [-0.25, -0.2) is 0 Å².